The molecule has 1 aliphatic rings. The van der Waals surface area contributed by atoms with Crippen LogP contribution in [-0.2, 0) is 11.2 Å². The van der Waals surface area contributed by atoms with Gasteiger partial charge in [-0.3, -0.25) is 9.89 Å². The van der Waals surface area contributed by atoms with Gasteiger partial charge in [0.1, 0.15) is 11.6 Å². The average Bonchev–Trinajstić information content (AvgIpc) is 3.25. The van der Waals surface area contributed by atoms with E-state index in [2.05, 4.69) is 25.1 Å². The van der Waals surface area contributed by atoms with Crippen LogP contribution in [0.15, 0.2) is 24.3 Å². The number of aryl methyl sites for hydroxylation is 1. The van der Waals surface area contributed by atoms with Crippen molar-refractivity contribution >= 4 is 22.9 Å². The predicted octanol–water partition coefficient (Wildman–Crippen LogP) is 1.60. The lowest BCUT2D eigenvalue weighted by Gasteiger charge is -2.31. The van der Waals surface area contributed by atoms with Gasteiger partial charge in [0.15, 0.2) is 0 Å². The standard InChI is InChI=1S/C17H21N7O/c18-17-21-16(22-23-17)11-7-9-24(10-8-11)15(25)6-5-14-19-12-3-1-2-4-13(12)20-14/h1-4,11H,5-10H2,(H,19,20)(H3,18,21,22,23). The summed E-state index contributed by atoms with van der Waals surface area (Å²) in [7, 11) is 0. The summed E-state index contributed by atoms with van der Waals surface area (Å²) in [6.07, 6.45) is 2.86. The summed E-state index contributed by atoms with van der Waals surface area (Å²) in [6, 6.07) is 7.90. The van der Waals surface area contributed by atoms with Crippen molar-refractivity contribution in [3.05, 3.63) is 35.9 Å². The molecule has 3 heterocycles. The number of imidazole rings is 1. The van der Waals surface area contributed by atoms with Crippen LogP contribution in [0.2, 0.25) is 0 Å². The number of aromatic nitrogens is 5. The number of aromatic amines is 2. The molecule has 4 rings (SSSR count). The molecule has 0 unspecified atom stereocenters. The zero-order valence-electron chi connectivity index (χ0n) is 13.9. The molecule has 8 heteroatoms. The van der Waals surface area contributed by atoms with Gasteiger partial charge in [0, 0.05) is 31.8 Å². The van der Waals surface area contributed by atoms with Gasteiger partial charge >= 0.3 is 0 Å². The Morgan fingerprint density at radius 1 is 1.24 bits per heavy atom. The molecular formula is C17H21N7O. The molecule has 0 atom stereocenters. The number of benzene rings is 1. The first kappa shape index (κ1) is 15.6. The number of H-pyrrole nitrogens is 2. The third-order valence-electron chi connectivity index (χ3n) is 4.77. The first-order valence-electron chi connectivity index (χ1n) is 8.58. The van der Waals surface area contributed by atoms with Gasteiger partial charge in [0.2, 0.25) is 11.9 Å². The molecule has 1 fully saturated rings. The van der Waals surface area contributed by atoms with Crippen molar-refractivity contribution in [2.24, 2.45) is 0 Å². The Morgan fingerprint density at radius 2 is 2.04 bits per heavy atom. The third kappa shape index (κ3) is 3.33. The highest BCUT2D eigenvalue weighted by Crippen LogP contribution is 2.26. The number of nitrogens with one attached hydrogen (secondary N) is 2. The number of likely N-dealkylation sites (tertiary alicyclic amines) is 1. The number of carbonyl (C=O) groups excluding carboxylic acids is 1. The predicted molar refractivity (Wildman–Crippen MR) is 93.8 cm³/mol. The fraction of sp³-hybridized carbons (Fsp3) is 0.412. The van der Waals surface area contributed by atoms with Crippen LogP contribution in [0.25, 0.3) is 11.0 Å². The lowest BCUT2D eigenvalue weighted by atomic mass is 9.96. The van der Waals surface area contributed by atoms with Crippen LogP contribution in [0.1, 0.15) is 36.8 Å². The van der Waals surface area contributed by atoms with E-state index >= 15 is 0 Å². The Labute approximate surface area is 144 Å². The molecule has 0 radical (unpaired) electrons. The fourth-order valence-electron chi connectivity index (χ4n) is 3.38. The van der Waals surface area contributed by atoms with Crippen LogP contribution in [0.4, 0.5) is 5.95 Å². The minimum absolute atomic E-state index is 0.177. The molecule has 0 aliphatic carbocycles. The summed E-state index contributed by atoms with van der Waals surface area (Å²) >= 11 is 0. The Hall–Kier alpha value is -2.90. The normalized spacial score (nSPS) is 15.8. The van der Waals surface area contributed by atoms with Crippen LogP contribution < -0.4 is 5.73 Å². The Balaban J connectivity index is 1.30. The first-order valence-corrected chi connectivity index (χ1v) is 8.58. The molecule has 4 N–H and O–H groups in total. The highest BCUT2D eigenvalue weighted by Gasteiger charge is 2.25. The van der Waals surface area contributed by atoms with Gasteiger partial charge < -0.3 is 15.6 Å². The molecule has 0 bridgehead atoms. The van der Waals surface area contributed by atoms with Gasteiger partial charge in [0.05, 0.1) is 11.0 Å². The Morgan fingerprint density at radius 3 is 2.76 bits per heavy atom. The van der Waals surface area contributed by atoms with E-state index in [4.69, 9.17) is 5.73 Å². The van der Waals surface area contributed by atoms with Crippen LogP contribution >= 0.6 is 0 Å². The number of nitrogens with two attached hydrogens (primary N) is 1. The zero-order chi connectivity index (χ0) is 17.2. The second-order valence-electron chi connectivity index (χ2n) is 6.43. The van der Waals surface area contributed by atoms with Crippen molar-refractivity contribution < 1.29 is 4.79 Å². The van der Waals surface area contributed by atoms with E-state index in [1.807, 2.05) is 29.2 Å². The summed E-state index contributed by atoms with van der Waals surface area (Å²) in [5, 5.41) is 6.75. The Kier molecular flexibility index (Phi) is 4.09. The fourth-order valence-corrected chi connectivity index (χ4v) is 3.38. The molecule has 8 nitrogen and oxygen atoms in total. The first-order chi connectivity index (χ1) is 12.2. The highest BCUT2D eigenvalue weighted by atomic mass is 16.2. The van der Waals surface area contributed by atoms with Crippen LogP contribution in [0.5, 0.6) is 0 Å². The summed E-state index contributed by atoms with van der Waals surface area (Å²) in [6.45, 7) is 1.48. The molecule has 3 aromatic rings. The average molecular weight is 339 g/mol. The van der Waals surface area contributed by atoms with Gasteiger partial charge in [-0.2, -0.15) is 4.98 Å². The van der Waals surface area contributed by atoms with Crippen LogP contribution in [-0.4, -0.2) is 49.0 Å². The van der Waals surface area contributed by atoms with Crippen molar-refractivity contribution in [3.63, 3.8) is 0 Å². The third-order valence-corrected chi connectivity index (χ3v) is 4.77. The van der Waals surface area contributed by atoms with Crippen molar-refractivity contribution in [3.8, 4) is 0 Å². The molecule has 25 heavy (non-hydrogen) atoms. The minimum Gasteiger partial charge on any atom is -0.367 e. The summed E-state index contributed by atoms with van der Waals surface area (Å²) in [5.74, 6) is 2.44. The maximum Gasteiger partial charge on any atom is 0.239 e. The number of hydrogen-bond donors (Lipinski definition) is 3. The zero-order valence-corrected chi connectivity index (χ0v) is 13.9. The quantitative estimate of drug-likeness (QED) is 0.667. The summed E-state index contributed by atoms with van der Waals surface area (Å²) in [4.78, 5) is 26.4. The molecule has 1 aliphatic heterocycles. The lowest BCUT2D eigenvalue weighted by molar-refractivity contribution is -0.132. The number of carbonyl (C=O) groups is 1. The second-order valence-corrected chi connectivity index (χ2v) is 6.43. The number of amides is 1. The van der Waals surface area contributed by atoms with Gasteiger partial charge in [0.25, 0.3) is 0 Å². The molecule has 130 valence electrons. The van der Waals surface area contributed by atoms with Crippen molar-refractivity contribution in [2.75, 3.05) is 18.8 Å². The number of hydrogen-bond acceptors (Lipinski definition) is 5. The number of nitrogen functional groups attached to an aromatic ring is 1. The van der Waals surface area contributed by atoms with Crippen molar-refractivity contribution in [1.29, 1.82) is 0 Å². The van der Waals surface area contributed by atoms with E-state index in [1.54, 1.807) is 0 Å². The van der Waals surface area contributed by atoms with Crippen LogP contribution in [0, 0.1) is 0 Å². The van der Waals surface area contributed by atoms with Gasteiger partial charge in [-0.1, -0.05) is 12.1 Å². The van der Waals surface area contributed by atoms with Gasteiger partial charge in [-0.25, -0.2) is 4.98 Å². The lowest BCUT2D eigenvalue weighted by Crippen LogP contribution is -2.38. The summed E-state index contributed by atoms with van der Waals surface area (Å²) < 4.78 is 0. The van der Waals surface area contributed by atoms with E-state index in [-0.39, 0.29) is 11.9 Å². The van der Waals surface area contributed by atoms with E-state index in [1.165, 1.54) is 0 Å². The molecule has 1 amide bonds. The molecule has 1 saturated heterocycles. The second kappa shape index (κ2) is 6.54. The smallest absolute Gasteiger partial charge is 0.239 e. The SMILES string of the molecule is Nc1n[nH]c(C2CCN(C(=O)CCc3nc4ccccc4[nH]3)CC2)n1. The molecule has 0 saturated carbocycles. The van der Waals surface area contributed by atoms with E-state index in [9.17, 15) is 4.79 Å². The number of anilines is 1. The largest absolute Gasteiger partial charge is 0.367 e. The van der Waals surface area contributed by atoms with E-state index < -0.39 is 0 Å². The minimum atomic E-state index is 0.177. The summed E-state index contributed by atoms with van der Waals surface area (Å²) in [5.41, 5.74) is 7.51. The molecule has 0 spiro atoms. The molecular weight excluding hydrogens is 318 g/mol. The highest BCUT2D eigenvalue weighted by molar-refractivity contribution is 5.77. The van der Waals surface area contributed by atoms with E-state index in [0.717, 1.165) is 48.6 Å². The van der Waals surface area contributed by atoms with Crippen molar-refractivity contribution in [2.45, 2.75) is 31.6 Å². The van der Waals surface area contributed by atoms with E-state index in [0.29, 0.717) is 18.8 Å². The number of fused-ring (bicyclic) bond motifs is 1. The Bertz CT molecular complexity index is 843. The van der Waals surface area contributed by atoms with Crippen LogP contribution in [0.3, 0.4) is 0 Å². The topological polar surface area (TPSA) is 117 Å². The number of piperidine rings is 1. The number of para-hydroxylation sites is 2. The number of rotatable bonds is 4. The molecule has 1 aromatic carbocycles. The maximum absolute atomic E-state index is 12.5. The monoisotopic (exact) mass is 339 g/mol. The van der Waals surface area contributed by atoms with Gasteiger partial charge in [-0.05, 0) is 25.0 Å². The maximum atomic E-state index is 12.5. The van der Waals surface area contributed by atoms with Crippen molar-refractivity contribution in [1.82, 2.24) is 30.0 Å². The van der Waals surface area contributed by atoms with Gasteiger partial charge in [-0.15, -0.1) is 5.10 Å². The number of nitrogens with zero attached hydrogens (tertiary/aromatic N) is 4. The molecule has 2 aromatic heterocycles.